The van der Waals surface area contributed by atoms with E-state index in [9.17, 15) is 14.0 Å². The van der Waals surface area contributed by atoms with Crippen molar-refractivity contribution in [2.45, 2.75) is 13.5 Å². The molecular formula is C26H27ClFN3O3S. The zero-order chi connectivity index (χ0) is 24.8. The molecule has 0 unspecified atom stereocenters. The summed E-state index contributed by atoms with van der Waals surface area (Å²) in [7, 11) is 0. The molecule has 0 bridgehead atoms. The van der Waals surface area contributed by atoms with Crippen LogP contribution in [-0.4, -0.2) is 61.0 Å². The average molecular weight is 516 g/mol. The largest absolute Gasteiger partial charge is 0.462 e. The van der Waals surface area contributed by atoms with Crippen molar-refractivity contribution in [2.75, 3.05) is 44.6 Å². The maximum absolute atomic E-state index is 13.3. The Morgan fingerprint density at radius 1 is 1.09 bits per heavy atom. The molecule has 1 aliphatic rings. The van der Waals surface area contributed by atoms with Gasteiger partial charge >= 0.3 is 5.97 Å². The van der Waals surface area contributed by atoms with Gasteiger partial charge in [0.1, 0.15) is 16.4 Å². The van der Waals surface area contributed by atoms with Crippen LogP contribution in [0.15, 0.2) is 53.9 Å². The average Bonchev–Trinajstić information content (AvgIpc) is 3.26. The van der Waals surface area contributed by atoms with E-state index in [0.29, 0.717) is 22.1 Å². The first kappa shape index (κ1) is 25.3. The topological polar surface area (TPSA) is 61.9 Å². The van der Waals surface area contributed by atoms with E-state index in [1.165, 1.54) is 23.5 Å². The van der Waals surface area contributed by atoms with Crippen LogP contribution in [0.3, 0.4) is 0 Å². The molecule has 1 fully saturated rings. The van der Waals surface area contributed by atoms with Crippen molar-refractivity contribution < 1.29 is 18.7 Å². The lowest BCUT2D eigenvalue weighted by Crippen LogP contribution is -2.48. The van der Waals surface area contributed by atoms with Gasteiger partial charge in [0.2, 0.25) is 5.91 Å². The van der Waals surface area contributed by atoms with Crippen LogP contribution in [0.2, 0.25) is 5.02 Å². The number of halogens is 2. The fourth-order valence-corrected chi connectivity index (χ4v) is 5.25. The summed E-state index contributed by atoms with van der Waals surface area (Å²) in [6, 6.07) is 14.0. The lowest BCUT2D eigenvalue weighted by atomic mass is 10.0. The van der Waals surface area contributed by atoms with E-state index in [-0.39, 0.29) is 24.9 Å². The SMILES string of the molecule is CCOC(=O)c1c(-c2ccccc2)csc1NC(=O)CN1CCN(Cc2ccc(F)cc2Cl)CC1. The molecule has 3 aromatic rings. The zero-order valence-electron chi connectivity index (χ0n) is 19.4. The Labute approximate surface area is 213 Å². The molecule has 1 N–H and O–H groups in total. The molecular weight excluding hydrogens is 489 g/mol. The molecule has 9 heteroatoms. The molecule has 1 amide bonds. The highest BCUT2D eigenvalue weighted by Gasteiger charge is 2.24. The summed E-state index contributed by atoms with van der Waals surface area (Å²) < 4.78 is 18.5. The van der Waals surface area contributed by atoms with Crippen molar-refractivity contribution in [1.29, 1.82) is 0 Å². The first-order valence-corrected chi connectivity index (χ1v) is 12.7. The van der Waals surface area contributed by atoms with E-state index >= 15 is 0 Å². The van der Waals surface area contributed by atoms with Crippen LogP contribution in [0, 0.1) is 5.82 Å². The quantitative estimate of drug-likeness (QED) is 0.421. The van der Waals surface area contributed by atoms with Crippen molar-refractivity contribution in [3.8, 4) is 11.1 Å². The van der Waals surface area contributed by atoms with Crippen LogP contribution in [-0.2, 0) is 16.1 Å². The van der Waals surface area contributed by atoms with Gasteiger partial charge < -0.3 is 10.1 Å². The van der Waals surface area contributed by atoms with Gasteiger partial charge in [-0.1, -0.05) is 48.0 Å². The number of benzene rings is 2. The number of anilines is 1. The molecule has 0 saturated carbocycles. The predicted molar refractivity (Wildman–Crippen MR) is 137 cm³/mol. The Morgan fingerprint density at radius 3 is 2.49 bits per heavy atom. The van der Waals surface area contributed by atoms with E-state index in [2.05, 4.69) is 15.1 Å². The number of thiophene rings is 1. The van der Waals surface area contributed by atoms with Crippen LogP contribution in [0.1, 0.15) is 22.8 Å². The van der Waals surface area contributed by atoms with E-state index in [4.69, 9.17) is 16.3 Å². The standard InChI is InChI=1S/C26H27ClFN3O3S/c1-2-34-26(33)24-21(18-6-4-3-5-7-18)17-35-25(24)29-23(32)16-31-12-10-30(11-13-31)15-19-8-9-20(28)14-22(19)27/h3-9,14,17H,2,10-13,15-16H2,1H3,(H,29,32). The molecule has 2 heterocycles. The van der Waals surface area contributed by atoms with Crippen molar-refractivity contribution >= 4 is 39.8 Å². The normalized spacial score (nSPS) is 14.6. The molecule has 1 saturated heterocycles. The lowest BCUT2D eigenvalue weighted by molar-refractivity contribution is -0.117. The molecule has 0 atom stereocenters. The third-order valence-corrected chi connectivity index (χ3v) is 7.10. The fourth-order valence-electron chi connectivity index (χ4n) is 4.05. The molecule has 184 valence electrons. The second-order valence-corrected chi connectivity index (χ2v) is 9.56. The Hall–Kier alpha value is -2.78. The molecule has 0 spiro atoms. The van der Waals surface area contributed by atoms with E-state index in [0.717, 1.165) is 42.9 Å². The van der Waals surface area contributed by atoms with Crippen molar-refractivity contribution in [3.63, 3.8) is 0 Å². The predicted octanol–water partition coefficient (Wildman–Crippen LogP) is 5.14. The second-order valence-electron chi connectivity index (χ2n) is 8.28. The maximum atomic E-state index is 13.3. The highest BCUT2D eigenvalue weighted by molar-refractivity contribution is 7.15. The number of hydrogen-bond donors (Lipinski definition) is 1. The van der Waals surface area contributed by atoms with Gasteiger partial charge in [-0.05, 0) is 30.2 Å². The van der Waals surface area contributed by atoms with Gasteiger partial charge in [-0.3, -0.25) is 14.6 Å². The third-order valence-electron chi connectivity index (χ3n) is 5.85. The number of hydrogen-bond acceptors (Lipinski definition) is 6. The summed E-state index contributed by atoms with van der Waals surface area (Å²) in [6.45, 7) is 5.86. The Morgan fingerprint density at radius 2 is 1.80 bits per heavy atom. The van der Waals surface area contributed by atoms with Gasteiger partial charge in [-0.2, -0.15) is 0 Å². The molecule has 0 aliphatic carbocycles. The van der Waals surface area contributed by atoms with Crippen LogP contribution < -0.4 is 5.32 Å². The summed E-state index contributed by atoms with van der Waals surface area (Å²) in [6.07, 6.45) is 0. The molecule has 1 aliphatic heterocycles. The van der Waals surface area contributed by atoms with Crippen LogP contribution in [0.4, 0.5) is 9.39 Å². The summed E-state index contributed by atoms with van der Waals surface area (Å²) in [5, 5.41) is 5.72. The minimum absolute atomic E-state index is 0.174. The lowest BCUT2D eigenvalue weighted by Gasteiger charge is -2.34. The number of amides is 1. The van der Waals surface area contributed by atoms with Gasteiger partial charge in [0.15, 0.2) is 0 Å². The first-order valence-electron chi connectivity index (χ1n) is 11.5. The number of rotatable bonds is 8. The van der Waals surface area contributed by atoms with Crippen molar-refractivity contribution in [2.24, 2.45) is 0 Å². The number of nitrogens with zero attached hydrogens (tertiary/aromatic N) is 2. The highest BCUT2D eigenvalue weighted by Crippen LogP contribution is 2.36. The Kier molecular flexibility index (Phi) is 8.51. The number of esters is 1. The van der Waals surface area contributed by atoms with E-state index in [1.54, 1.807) is 13.0 Å². The number of ether oxygens (including phenoxy) is 1. The smallest absolute Gasteiger partial charge is 0.341 e. The third kappa shape index (κ3) is 6.46. The van der Waals surface area contributed by atoms with Crippen molar-refractivity contribution in [1.82, 2.24) is 9.80 Å². The Balaban J connectivity index is 1.36. The minimum Gasteiger partial charge on any atom is -0.462 e. The number of carbonyl (C=O) groups excluding carboxylic acids is 2. The number of piperazine rings is 1. The second kappa shape index (κ2) is 11.8. The molecule has 0 radical (unpaired) electrons. The molecule has 2 aromatic carbocycles. The van der Waals surface area contributed by atoms with Crippen LogP contribution in [0.25, 0.3) is 11.1 Å². The first-order chi connectivity index (χ1) is 16.9. The minimum atomic E-state index is -0.448. The van der Waals surface area contributed by atoms with Crippen molar-refractivity contribution in [3.05, 3.63) is 75.9 Å². The summed E-state index contributed by atoms with van der Waals surface area (Å²) in [5.41, 5.74) is 2.91. The van der Waals surface area contributed by atoms with Gasteiger partial charge in [0.05, 0.1) is 13.2 Å². The Bertz CT molecular complexity index is 1180. The summed E-state index contributed by atoms with van der Waals surface area (Å²) >= 11 is 7.48. The zero-order valence-corrected chi connectivity index (χ0v) is 21.0. The number of carbonyl (C=O) groups is 2. The van der Waals surface area contributed by atoms with Gasteiger partial charge in [0.25, 0.3) is 0 Å². The summed E-state index contributed by atoms with van der Waals surface area (Å²) in [4.78, 5) is 29.9. The summed E-state index contributed by atoms with van der Waals surface area (Å²) in [5.74, 6) is -0.967. The van der Waals surface area contributed by atoms with Gasteiger partial charge in [-0.25, -0.2) is 9.18 Å². The van der Waals surface area contributed by atoms with Crippen LogP contribution >= 0.6 is 22.9 Å². The van der Waals surface area contributed by atoms with Gasteiger partial charge in [-0.15, -0.1) is 11.3 Å². The maximum Gasteiger partial charge on any atom is 0.341 e. The molecule has 35 heavy (non-hydrogen) atoms. The molecule has 4 rings (SSSR count). The molecule has 1 aromatic heterocycles. The fraction of sp³-hybridized carbons (Fsp3) is 0.308. The van der Waals surface area contributed by atoms with Crippen LogP contribution in [0.5, 0.6) is 0 Å². The van der Waals surface area contributed by atoms with E-state index < -0.39 is 5.97 Å². The van der Waals surface area contributed by atoms with Gasteiger partial charge in [0, 0.05) is 48.7 Å². The molecule has 6 nitrogen and oxygen atoms in total. The number of nitrogens with one attached hydrogen (secondary N) is 1. The highest BCUT2D eigenvalue weighted by atomic mass is 35.5. The monoisotopic (exact) mass is 515 g/mol. The van der Waals surface area contributed by atoms with E-state index in [1.807, 2.05) is 35.7 Å².